The quantitative estimate of drug-likeness (QED) is 0.294. The maximum absolute atomic E-state index is 12.7. The van der Waals surface area contributed by atoms with Gasteiger partial charge in [0.25, 0.3) is 5.91 Å². The summed E-state index contributed by atoms with van der Waals surface area (Å²) < 4.78 is 29.7. The van der Waals surface area contributed by atoms with Crippen LogP contribution in [0.4, 0.5) is 5.69 Å². The third kappa shape index (κ3) is 5.84. The number of amides is 1. The van der Waals surface area contributed by atoms with E-state index in [0.29, 0.717) is 23.4 Å². The highest BCUT2D eigenvalue weighted by Gasteiger charge is 2.15. The molecule has 3 aromatic rings. The van der Waals surface area contributed by atoms with Crippen LogP contribution in [-0.4, -0.2) is 31.5 Å². The van der Waals surface area contributed by atoms with Crippen molar-refractivity contribution < 1.29 is 22.7 Å². The second kappa shape index (κ2) is 10.4. The molecule has 0 aliphatic rings. The Bertz CT molecular complexity index is 1450. The van der Waals surface area contributed by atoms with Gasteiger partial charge in [-0.3, -0.25) is 4.79 Å². The Morgan fingerprint density at radius 2 is 1.74 bits per heavy atom. The molecule has 1 amide bonds. The van der Waals surface area contributed by atoms with Crippen molar-refractivity contribution in [1.29, 1.82) is 5.26 Å². The zero-order chi connectivity index (χ0) is 25.8. The summed E-state index contributed by atoms with van der Waals surface area (Å²) in [7, 11) is -3.85. The molecule has 0 aliphatic heterocycles. The maximum atomic E-state index is 12.7. The molecule has 1 aromatic heterocycles. The van der Waals surface area contributed by atoms with Crippen LogP contribution < -0.4 is 10.5 Å². The SMILES string of the molecule is CCOC(=O)c1ccc(-n2c(C)cc(/C=C(\C#N)C(=O)Nc3ccc(S(N)(=O)=O)cc3)c2C)cc1. The summed E-state index contributed by atoms with van der Waals surface area (Å²) in [5, 5.41) is 17.2. The number of esters is 1. The number of nitrogens with two attached hydrogens (primary N) is 1. The van der Waals surface area contributed by atoms with E-state index in [0.717, 1.165) is 17.1 Å². The van der Waals surface area contributed by atoms with Crippen LogP contribution in [0.5, 0.6) is 0 Å². The van der Waals surface area contributed by atoms with Crippen LogP contribution in [0.2, 0.25) is 0 Å². The van der Waals surface area contributed by atoms with Gasteiger partial charge in [-0.15, -0.1) is 0 Å². The molecule has 10 heteroatoms. The minimum atomic E-state index is -3.85. The maximum Gasteiger partial charge on any atom is 0.338 e. The lowest BCUT2D eigenvalue weighted by Gasteiger charge is -2.10. The van der Waals surface area contributed by atoms with Gasteiger partial charge < -0.3 is 14.6 Å². The van der Waals surface area contributed by atoms with Crippen LogP contribution in [0.3, 0.4) is 0 Å². The summed E-state index contributed by atoms with van der Waals surface area (Å²) >= 11 is 0. The minimum Gasteiger partial charge on any atom is -0.462 e. The molecule has 0 saturated heterocycles. The Kier molecular flexibility index (Phi) is 7.54. The van der Waals surface area contributed by atoms with Gasteiger partial charge in [-0.25, -0.2) is 18.4 Å². The molecule has 0 spiro atoms. The molecule has 0 radical (unpaired) electrons. The van der Waals surface area contributed by atoms with Crippen molar-refractivity contribution in [2.75, 3.05) is 11.9 Å². The van der Waals surface area contributed by atoms with Gasteiger partial charge in [0.1, 0.15) is 11.6 Å². The number of sulfonamides is 1. The van der Waals surface area contributed by atoms with E-state index in [9.17, 15) is 23.3 Å². The topological polar surface area (TPSA) is 144 Å². The lowest BCUT2D eigenvalue weighted by atomic mass is 10.1. The second-order valence-corrected chi connectivity index (χ2v) is 9.18. The van der Waals surface area contributed by atoms with Gasteiger partial charge in [-0.1, -0.05) is 0 Å². The van der Waals surface area contributed by atoms with Gasteiger partial charge in [0.2, 0.25) is 10.0 Å². The van der Waals surface area contributed by atoms with Crippen molar-refractivity contribution in [2.45, 2.75) is 25.7 Å². The number of nitrogens with one attached hydrogen (secondary N) is 1. The van der Waals surface area contributed by atoms with Gasteiger partial charge >= 0.3 is 5.97 Å². The Labute approximate surface area is 203 Å². The van der Waals surface area contributed by atoms with Gasteiger partial charge in [0, 0.05) is 22.8 Å². The molecule has 0 unspecified atom stereocenters. The Morgan fingerprint density at radius 3 is 2.29 bits per heavy atom. The smallest absolute Gasteiger partial charge is 0.338 e. The number of anilines is 1. The summed E-state index contributed by atoms with van der Waals surface area (Å²) in [4.78, 5) is 24.5. The van der Waals surface area contributed by atoms with Crippen molar-refractivity contribution in [1.82, 2.24) is 4.57 Å². The van der Waals surface area contributed by atoms with Gasteiger partial charge in [-0.05, 0) is 87.0 Å². The number of ether oxygens (including phenoxy) is 1. The van der Waals surface area contributed by atoms with Crippen molar-refractivity contribution in [3.63, 3.8) is 0 Å². The molecule has 35 heavy (non-hydrogen) atoms. The normalized spacial score (nSPS) is 11.6. The molecule has 2 aromatic carbocycles. The minimum absolute atomic E-state index is 0.0886. The molecule has 0 aliphatic carbocycles. The van der Waals surface area contributed by atoms with Crippen molar-refractivity contribution in [3.8, 4) is 11.8 Å². The van der Waals surface area contributed by atoms with E-state index in [-0.39, 0.29) is 10.5 Å². The van der Waals surface area contributed by atoms with Crippen LogP contribution in [0, 0.1) is 25.2 Å². The van der Waals surface area contributed by atoms with E-state index in [1.165, 1.54) is 30.3 Å². The van der Waals surface area contributed by atoms with Crippen molar-refractivity contribution in [3.05, 3.63) is 82.7 Å². The molecule has 180 valence electrons. The van der Waals surface area contributed by atoms with Gasteiger partial charge in [-0.2, -0.15) is 5.26 Å². The fraction of sp³-hybridized carbons (Fsp3) is 0.160. The summed E-state index contributed by atoms with van der Waals surface area (Å²) in [6.45, 7) is 5.79. The molecule has 9 nitrogen and oxygen atoms in total. The fourth-order valence-electron chi connectivity index (χ4n) is 3.52. The molecule has 1 heterocycles. The summed E-state index contributed by atoms with van der Waals surface area (Å²) in [5.74, 6) is -1.04. The number of primary sulfonamides is 1. The third-order valence-corrected chi connectivity index (χ3v) is 6.14. The van der Waals surface area contributed by atoms with Crippen LogP contribution in [0.25, 0.3) is 11.8 Å². The predicted molar refractivity (Wildman–Crippen MR) is 131 cm³/mol. The number of carbonyl (C=O) groups excluding carboxylic acids is 2. The standard InChI is InChI=1S/C25H24N4O5S/c1-4-34-25(31)18-5-9-22(10-6-18)29-16(2)13-19(17(29)3)14-20(15-26)24(30)28-21-7-11-23(12-8-21)35(27,32)33/h5-14H,4H2,1-3H3,(H,28,30)(H2,27,32,33)/b20-14+. The number of nitriles is 1. The summed E-state index contributed by atoms with van der Waals surface area (Å²) in [6, 6.07) is 16.0. The number of hydrogen-bond acceptors (Lipinski definition) is 6. The number of aromatic nitrogens is 1. The molecule has 0 saturated carbocycles. The number of benzene rings is 2. The Hall–Kier alpha value is -4.20. The highest BCUT2D eigenvalue weighted by molar-refractivity contribution is 7.89. The summed E-state index contributed by atoms with van der Waals surface area (Å²) in [6.07, 6.45) is 1.49. The van der Waals surface area contributed by atoms with Crippen LogP contribution in [0.1, 0.15) is 34.2 Å². The fourth-order valence-corrected chi connectivity index (χ4v) is 4.04. The van der Waals surface area contributed by atoms with E-state index in [4.69, 9.17) is 9.88 Å². The average molecular weight is 493 g/mol. The Morgan fingerprint density at radius 1 is 1.11 bits per heavy atom. The first kappa shape index (κ1) is 25.4. The zero-order valence-corrected chi connectivity index (χ0v) is 20.2. The van der Waals surface area contributed by atoms with E-state index in [1.807, 2.05) is 30.6 Å². The average Bonchev–Trinajstić information content (AvgIpc) is 3.10. The molecule has 0 fully saturated rings. The van der Waals surface area contributed by atoms with E-state index in [1.54, 1.807) is 31.2 Å². The second-order valence-electron chi connectivity index (χ2n) is 7.62. The number of carbonyl (C=O) groups is 2. The predicted octanol–water partition coefficient (Wildman–Crippen LogP) is 3.46. The van der Waals surface area contributed by atoms with E-state index >= 15 is 0 Å². The van der Waals surface area contributed by atoms with E-state index < -0.39 is 21.9 Å². The highest BCUT2D eigenvalue weighted by atomic mass is 32.2. The van der Waals surface area contributed by atoms with Crippen LogP contribution in [0.15, 0.2) is 65.1 Å². The Balaban J connectivity index is 1.85. The third-order valence-electron chi connectivity index (χ3n) is 5.21. The lowest BCUT2D eigenvalue weighted by Crippen LogP contribution is -2.14. The molecule has 0 atom stereocenters. The molecule has 3 rings (SSSR count). The first-order valence-electron chi connectivity index (χ1n) is 10.6. The number of hydrogen-bond donors (Lipinski definition) is 2. The van der Waals surface area contributed by atoms with Crippen molar-refractivity contribution in [2.24, 2.45) is 5.14 Å². The monoisotopic (exact) mass is 492 g/mol. The zero-order valence-electron chi connectivity index (χ0n) is 19.4. The lowest BCUT2D eigenvalue weighted by molar-refractivity contribution is -0.112. The van der Waals surface area contributed by atoms with Gasteiger partial charge in [0.15, 0.2) is 0 Å². The number of nitrogens with zero attached hydrogens (tertiary/aromatic N) is 2. The van der Waals surface area contributed by atoms with Crippen molar-refractivity contribution >= 4 is 33.7 Å². The van der Waals surface area contributed by atoms with Crippen LogP contribution >= 0.6 is 0 Å². The largest absolute Gasteiger partial charge is 0.462 e. The van der Waals surface area contributed by atoms with Crippen LogP contribution in [-0.2, 0) is 19.6 Å². The summed E-state index contributed by atoms with van der Waals surface area (Å²) in [5.41, 5.74) is 3.78. The number of aryl methyl sites for hydroxylation is 1. The molecular weight excluding hydrogens is 468 g/mol. The highest BCUT2D eigenvalue weighted by Crippen LogP contribution is 2.24. The molecule has 3 N–H and O–H groups in total. The first-order valence-corrected chi connectivity index (χ1v) is 12.1. The first-order chi connectivity index (χ1) is 16.5. The molecule has 0 bridgehead atoms. The molecular formula is C25H24N4O5S. The van der Waals surface area contributed by atoms with E-state index in [2.05, 4.69) is 5.32 Å². The van der Waals surface area contributed by atoms with Gasteiger partial charge in [0.05, 0.1) is 17.1 Å². The number of rotatable bonds is 7.